The maximum absolute atomic E-state index is 12.7. The fourth-order valence-corrected chi connectivity index (χ4v) is 3.19. The lowest BCUT2D eigenvalue weighted by Crippen LogP contribution is -2.36. The first-order chi connectivity index (χ1) is 12.4. The predicted molar refractivity (Wildman–Crippen MR) is 94.8 cm³/mol. The third kappa shape index (κ3) is 4.43. The zero-order chi connectivity index (χ0) is 18.6. The Bertz CT molecular complexity index is 750. The number of alkyl halides is 3. The fraction of sp³-hybridized carbons (Fsp3) is 0.350. The predicted octanol–water partition coefficient (Wildman–Crippen LogP) is 4.10. The first kappa shape index (κ1) is 18.5. The number of piperidine rings is 1. The molecule has 3 nitrogen and oxygen atoms in total. The molecule has 0 aliphatic carbocycles. The molecule has 1 aliphatic rings. The number of rotatable bonds is 4. The number of carbonyl (C=O) groups is 1. The molecule has 6 heteroatoms. The zero-order valence-corrected chi connectivity index (χ0v) is 14.3. The summed E-state index contributed by atoms with van der Waals surface area (Å²) in [5, 5.41) is 6.25. The molecule has 0 atom stereocenters. The van der Waals surface area contributed by atoms with Crippen LogP contribution in [0.5, 0.6) is 0 Å². The van der Waals surface area contributed by atoms with Crippen LogP contribution in [0.15, 0.2) is 48.5 Å². The molecule has 0 saturated carbocycles. The van der Waals surface area contributed by atoms with Gasteiger partial charge >= 0.3 is 6.18 Å². The van der Waals surface area contributed by atoms with Crippen LogP contribution < -0.4 is 10.6 Å². The van der Waals surface area contributed by atoms with Crippen molar-refractivity contribution < 1.29 is 18.0 Å². The molecule has 0 unspecified atom stereocenters. The van der Waals surface area contributed by atoms with Crippen molar-refractivity contribution in [1.82, 2.24) is 10.6 Å². The van der Waals surface area contributed by atoms with Gasteiger partial charge in [-0.3, -0.25) is 4.79 Å². The van der Waals surface area contributed by atoms with Crippen LogP contribution in [-0.2, 0) is 6.18 Å². The molecule has 0 aromatic heterocycles. The van der Waals surface area contributed by atoms with Crippen molar-refractivity contribution in [2.75, 3.05) is 19.6 Å². The summed E-state index contributed by atoms with van der Waals surface area (Å²) in [5.74, 6) is 0.262. The van der Waals surface area contributed by atoms with Crippen LogP contribution in [0, 0.1) is 5.92 Å². The van der Waals surface area contributed by atoms with E-state index in [9.17, 15) is 18.0 Å². The van der Waals surface area contributed by atoms with E-state index in [4.69, 9.17) is 0 Å². The van der Waals surface area contributed by atoms with Gasteiger partial charge in [0.15, 0.2) is 0 Å². The standard InChI is InChI=1S/C20H21F3N2O/c21-20(22,23)16-7-5-15(6-8-16)17-3-1-2-4-18(17)19(26)25-13-14-9-11-24-12-10-14/h1-8,14,24H,9-13H2,(H,25,26). The van der Waals surface area contributed by atoms with Gasteiger partial charge in [0, 0.05) is 12.1 Å². The number of halogens is 3. The molecule has 3 rings (SSSR count). The first-order valence-corrected chi connectivity index (χ1v) is 8.71. The van der Waals surface area contributed by atoms with Gasteiger partial charge in [-0.05, 0) is 61.2 Å². The van der Waals surface area contributed by atoms with Crippen LogP contribution in [0.3, 0.4) is 0 Å². The molecule has 1 fully saturated rings. The van der Waals surface area contributed by atoms with Crippen molar-refractivity contribution in [1.29, 1.82) is 0 Å². The second kappa shape index (κ2) is 7.91. The second-order valence-corrected chi connectivity index (χ2v) is 6.52. The summed E-state index contributed by atoms with van der Waals surface area (Å²) in [6.07, 6.45) is -2.31. The summed E-state index contributed by atoms with van der Waals surface area (Å²) in [4.78, 5) is 12.6. The minimum atomic E-state index is -4.37. The highest BCUT2D eigenvalue weighted by molar-refractivity contribution is 6.00. The van der Waals surface area contributed by atoms with Gasteiger partial charge in [0.25, 0.3) is 5.91 Å². The molecular formula is C20H21F3N2O. The van der Waals surface area contributed by atoms with Gasteiger partial charge in [-0.1, -0.05) is 30.3 Å². The minimum Gasteiger partial charge on any atom is -0.352 e. The fourth-order valence-electron chi connectivity index (χ4n) is 3.19. The summed E-state index contributed by atoms with van der Waals surface area (Å²) in [7, 11) is 0. The largest absolute Gasteiger partial charge is 0.416 e. The Morgan fingerprint density at radius 1 is 1.04 bits per heavy atom. The van der Waals surface area contributed by atoms with Gasteiger partial charge in [0.2, 0.25) is 0 Å². The molecule has 1 aliphatic heterocycles. The number of hydrogen-bond acceptors (Lipinski definition) is 2. The quantitative estimate of drug-likeness (QED) is 0.860. The Labute approximate surface area is 150 Å². The first-order valence-electron chi connectivity index (χ1n) is 8.71. The van der Waals surface area contributed by atoms with E-state index in [0.717, 1.165) is 38.1 Å². The van der Waals surface area contributed by atoms with Crippen molar-refractivity contribution in [2.45, 2.75) is 19.0 Å². The summed E-state index contributed by atoms with van der Waals surface area (Å²) in [6.45, 7) is 2.53. The molecule has 0 radical (unpaired) electrons. The summed E-state index contributed by atoms with van der Waals surface area (Å²) < 4.78 is 38.2. The van der Waals surface area contributed by atoms with Crippen molar-refractivity contribution in [3.05, 3.63) is 59.7 Å². The Kier molecular flexibility index (Phi) is 5.61. The minimum absolute atomic E-state index is 0.195. The molecule has 2 N–H and O–H groups in total. The number of amides is 1. The van der Waals surface area contributed by atoms with E-state index in [1.807, 2.05) is 0 Å². The van der Waals surface area contributed by atoms with Gasteiger partial charge in [0.1, 0.15) is 0 Å². The van der Waals surface area contributed by atoms with E-state index in [1.165, 1.54) is 12.1 Å². The molecule has 0 spiro atoms. The van der Waals surface area contributed by atoms with Gasteiger partial charge in [-0.15, -0.1) is 0 Å². The van der Waals surface area contributed by atoms with E-state index >= 15 is 0 Å². The van der Waals surface area contributed by atoms with Crippen molar-refractivity contribution in [2.24, 2.45) is 5.92 Å². The van der Waals surface area contributed by atoms with E-state index in [2.05, 4.69) is 10.6 Å². The highest BCUT2D eigenvalue weighted by atomic mass is 19.4. The van der Waals surface area contributed by atoms with Crippen LogP contribution in [0.2, 0.25) is 0 Å². The van der Waals surface area contributed by atoms with Crippen molar-refractivity contribution in [3.63, 3.8) is 0 Å². The summed E-state index contributed by atoms with van der Waals surface area (Å²) in [5.41, 5.74) is 0.991. The third-order valence-corrected chi connectivity index (χ3v) is 4.70. The van der Waals surface area contributed by atoms with Crippen molar-refractivity contribution >= 4 is 5.91 Å². The lowest BCUT2D eigenvalue weighted by molar-refractivity contribution is -0.137. The highest BCUT2D eigenvalue weighted by Gasteiger charge is 2.30. The lowest BCUT2D eigenvalue weighted by atomic mass is 9.96. The molecule has 1 saturated heterocycles. The Hall–Kier alpha value is -2.34. The van der Waals surface area contributed by atoms with E-state index in [1.54, 1.807) is 24.3 Å². The Morgan fingerprint density at radius 2 is 1.69 bits per heavy atom. The number of nitrogens with one attached hydrogen (secondary N) is 2. The van der Waals surface area contributed by atoms with Crippen LogP contribution >= 0.6 is 0 Å². The molecule has 26 heavy (non-hydrogen) atoms. The van der Waals surface area contributed by atoms with E-state index in [0.29, 0.717) is 29.2 Å². The van der Waals surface area contributed by atoms with Gasteiger partial charge in [-0.2, -0.15) is 13.2 Å². The van der Waals surface area contributed by atoms with Crippen LogP contribution in [0.4, 0.5) is 13.2 Å². The monoisotopic (exact) mass is 362 g/mol. The van der Waals surface area contributed by atoms with Gasteiger partial charge in [-0.25, -0.2) is 0 Å². The van der Waals surface area contributed by atoms with E-state index < -0.39 is 11.7 Å². The summed E-state index contributed by atoms with van der Waals surface area (Å²) >= 11 is 0. The topological polar surface area (TPSA) is 41.1 Å². The van der Waals surface area contributed by atoms with Crippen LogP contribution in [-0.4, -0.2) is 25.5 Å². The van der Waals surface area contributed by atoms with Gasteiger partial charge < -0.3 is 10.6 Å². The Morgan fingerprint density at radius 3 is 2.35 bits per heavy atom. The zero-order valence-electron chi connectivity index (χ0n) is 14.3. The molecule has 2 aromatic carbocycles. The molecule has 1 heterocycles. The second-order valence-electron chi connectivity index (χ2n) is 6.52. The Balaban J connectivity index is 1.76. The maximum Gasteiger partial charge on any atom is 0.416 e. The number of hydrogen-bond donors (Lipinski definition) is 2. The molecule has 1 amide bonds. The molecule has 138 valence electrons. The normalized spacial score (nSPS) is 15.7. The van der Waals surface area contributed by atoms with Crippen LogP contribution in [0.1, 0.15) is 28.8 Å². The van der Waals surface area contributed by atoms with Gasteiger partial charge in [0.05, 0.1) is 5.56 Å². The number of benzene rings is 2. The molecular weight excluding hydrogens is 341 g/mol. The summed E-state index contributed by atoms with van der Waals surface area (Å²) in [6, 6.07) is 11.9. The lowest BCUT2D eigenvalue weighted by Gasteiger charge is -2.23. The van der Waals surface area contributed by atoms with Crippen molar-refractivity contribution in [3.8, 4) is 11.1 Å². The average Bonchev–Trinajstić information content (AvgIpc) is 2.66. The maximum atomic E-state index is 12.7. The number of carbonyl (C=O) groups excluding carboxylic acids is 1. The molecule has 0 bridgehead atoms. The SMILES string of the molecule is O=C(NCC1CCNCC1)c1ccccc1-c1ccc(C(F)(F)F)cc1. The molecule has 2 aromatic rings. The highest BCUT2D eigenvalue weighted by Crippen LogP contribution is 2.31. The third-order valence-electron chi connectivity index (χ3n) is 4.70. The smallest absolute Gasteiger partial charge is 0.352 e. The van der Waals surface area contributed by atoms with Crippen LogP contribution in [0.25, 0.3) is 11.1 Å². The van der Waals surface area contributed by atoms with E-state index in [-0.39, 0.29) is 5.91 Å². The average molecular weight is 362 g/mol.